The molecule has 0 spiro atoms. The fourth-order valence-corrected chi connectivity index (χ4v) is 2.20. The summed E-state index contributed by atoms with van der Waals surface area (Å²) in [5.41, 5.74) is 9.38. The minimum atomic E-state index is 0.0561. The van der Waals surface area contributed by atoms with Crippen molar-refractivity contribution in [3.63, 3.8) is 0 Å². The summed E-state index contributed by atoms with van der Waals surface area (Å²) in [6.07, 6.45) is 0.966. The molecule has 0 aliphatic heterocycles. The van der Waals surface area contributed by atoms with E-state index in [1.165, 1.54) is 11.3 Å². The third-order valence-corrected chi connectivity index (χ3v) is 3.74. The van der Waals surface area contributed by atoms with Crippen LogP contribution < -0.4 is 15.4 Å². The van der Waals surface area contributed by atoms with Crippen LogP contribution in [0.15, 0.2) is 12.1 Å². The number of hydrogen-bond acceptors (Lipinski definition) is 3. The highest BCUT2D eigenvalue weighted by molar-refractivity contribution is 5.59. The van der Waals surface area contributed by atoms with Crippen molar-refractivity contribution >= 4 is 5.69 Å². The first-order valence-electron chi connectivity index (χ1n) is 6.42. The molecular weight excluding hydrogens is 224 g/mol. The second-order valence-corrected chi connectivity index (χ2v) is 5.52. The van der Waals surface area contributed by atoms with Gasteiger partial charge in [-0.2, -0.15) is 0 Å². The van der Waals surface area contributed by atoms with Crippen LogP contribution in [-0.2, 0) is 0 Å². The molecule has 0 fully saturated rings. The van der Waals surface area contributed by atoms with E-state index in [1.807, 2.05) is 0 Å². The molecule has 1 aromatic carbocycles. The molecule has 3 heteroatoms. The molecule has 0 aliphatic carbocycles. The average molecular weight is 250 g/mol. The molecule has 0 amide bonds. The van der Waals surface area contributed by atoms with Crippen LogP contribution in [0.3, 0.4) is 0 Å². The number of benzene rings is 1. The van der Waals surface area contributed by atoms with Gasteiger partial charge in [0, 0.05) is 18.3 Å². The second kappa shape index (κ2) is 5.61. The van der Waals surface area contributed by atoms with Gasteiger partial charge in [0.05, 0.1) is 7.11 Å². The summed E-state index contributed by atoms with van der Waals surface area (Å²) >= 11 is 0. The van der Waals surface area contributed by atoms with Crippen LogP contribution in [0.5, 0.6) is 5.75 Å². The van der Waals surface area contributed by atoms with Crippen molar-refractivity contribution in [3.05, 3.63) is 23.3 Å². The third kappa shape index (κ3) is 2.96. The Balaban J connectivity index is 3.13. The number of ether oxygens (including phenoxy) is 1. The van der Waals surface area contributed by atoms with E-state index in [1.54, 1.807) is 7.11 Å². The maximum absolute atomic E-state index is 5.70. The highest BCUT2D eigenvalue weighted by atomic mass is 16.5. The van der Waals surface area contributed by atoms with Crippen LogP contribution in [-0.4, -0.2) is 26.2 Å². The summed E-state index contributed by atoms with van der Waals surface area (Å²) in [7, 11) is 3.84. The van der Waals surface area contributed by atoms with Gasteiger partial charge in [-0.25, -0.2) is 0 Å². The zero-order valence-electron chi connectivity index (χ0n) is 12.5. The van der Waals surface area contributed by atoms with Gasteiger partial charge in [0.15, 0.2) is 0 Å². The summed E-state index contributed by atoms with van der Waals surface area (Å²) in [6, 6.07) is 4.28. The Morgan fingerprint density at radius 1 is 1.22 bits per heavy atom. The standard InChI is InChI=1S/C15H26N2O/c1-11-10-14(18-6)12(2)9-13(11)17(5)15(3,4)7-8-16/h9-10H,7-8,16H2,1-6H3. The van der Waals surface area contributed by atoms with E-state index in [4.69, 9.17) is 10.5 Å². The van der Waals surface area contributed by atoms with Crippen LogP contribution in [0.4, 0.5) is 5.69 Å². The summed E-state index contributed by atoms with van der Waals surface area (Å²) < 4.78 is 5.36. The predicted molar refractivity (Wildman–Crippen MR) is 78.6 cm³/mol. The number of rotatable bonds is 5. The van der Waals surface area contributed by atoms with Gasteiger partial charge < -0.3 is 15.4 Å². The lowest BCUT2D eigenvalue weighted by molar-refractivity contribution is 0.411. The Morgan fingerprint density at radius 2 is 1.83 bits per heavy atom. The van der Waals surface area contributed by atoms with Crippen LogP contribution in [0.2, 0.25) is 0 Å². The molecule has 0 heterocycles. The molecule has 1 aromatic rings. The highest BCUT2D eigenvalue weighted by Gasteiger charge is 2.24. The fraction of sp³-hybridized carbons (Fsp3) is 0.600. The summed E-state index contributed by atoms with van der Waals surface area (Å²) in [5.74, 6) is 0.946. The minimum Gasteiger partial charge on any atom is -0.496 e. The summed E-state index contributed by atoms with van der Waals surface area (Å²) in [4.78, 5) is 2.31. The molecule has 0 atom stereocenters. The number of nitrogens with two attached hydrogens (primary N) is 1. The van der Waals surface area contributed by atoms with Crippen LogP contribution in [0.1, 0.15) is 31.4 Å². The van der Waals surface area contributed by atoms with E-state index in [-0.39, 0.29) is 5.54 Å². The van der Waals surface area contributed by atoms with E-state index in [2.05, 4.69) is 51.8 Å². The topological polar surface area (TPSA) is 38.5 Å². The lowest BCUT2D eigenvalue weighted by atomic mass is 9.96. The fourth-order valence-electron chi connectivity index (χ4n) is 2.20. The van der Waals surface area contributed by atoms with E-state index >= 15 is 0 Å². The van der Waals surface area contributed by atoms with Crippen molar-refractivity contribution in [1.29, 1.82) is 0 Å². The zero-order chi connectivity index (χ0) is 13.9. The smallest absolute Gasteiger partial charge is 0.122 e. The summed E-state index contributed by atoms with van der Waals surface area (Å²) in [6.45, 7) is 9.33. The molecule has 3 nitrogen and oxygen atoms in total. The Bertz CT molecular complexity index is 413. The van der Waals surface area contributed by atoms with Crippen molar-refractivity contribution in [2.45, 2.75) is 39.7 Å². The van der Waals surface area contributed by atoms with Crippen LogP contribution >= 0.6 is 0 Å². The number of hydrogen-bond donors (Lipinski definition) is 1. The van der Waals surface area contributed by atoms with Gasteiger partial charge in [-0.05, 0) is 63.9 Å². The third-order valence-electron chi connectivity index (χ3n) is 3.74. The molecule has 2 N–H and O–H groups in total. The largest absolute Gasteiger partial charge is 0.496 e. The molecule has 0 aliphatic rings. The highest BCUT2D eigenvalue weighted by Crippen LogP contribution is 2.32. The van der Waals surface area contributed by atoms with Crippen molar-refractivity contribution in [2.75, 3.05) is 25.6 Å². The van der Waals surface area contributed by atoms with Gasteiger partial charge in [-0.3, -0.25) is 0 Å². The van der Waals surface area contributed by atoms with Crippen molar-refractivity contribution < 1.29 is 4.74 Å². The predicted octanol–water partition coefficient (Wildman–Crippen LogP) is 2.88. The Hall–Kier alpha value is -1.22. The first-order chi connectivity index (χ1) is 8.33. The summed E-state index contributed by atoms with van der Waals surface area (Å²) in [5, 5.41) is 0. The molecule has 18 heavy (non-hydrogen) atoms. The molecule has 0 unspecified atom stereocenters. The van der Waals surface area contributed by atoms with E-state index in [0.717, 1.165) is 17.7 Å². The van der Waals surface area contributed by atoms with Gasteiger partial charge in [0.2, 0.25) is 0 Å². The number of methoxy groups -OCH3 is 1. The molecule has 0 bridgehead atoms. The van der Waals surface area contributed by atoms with Gasteiger partial charge >= 0.3 is 0 Å². The molecular formula is C15H26N2O. The van der Waals surface area contributed by atoms with Crippen LogP contribution in [0.25, 0.3) is 0 Å². The van der Waals surface area contributed by atoms with E-state index < -0.39 is 0 Å². The zero-order valence-corrected chi connectivity index (χ0v) is 12.5. The van der Waals surface area contributed by atoms with Crippen molar-refractivity contribution in [2.24, 2.45) is 5.73 Å². The lowest BCUT2D eigenvalue weighted by Gasteiger charge is -2.38. The van der Waals surface area contributed by atoms with Gasteiger partial charge in [0.25, 0.3) is 0 Å². The maximum Gasteiger partial charge on any atom is 0.122 e. The van der Waals surface area contributed by atoms with Crippen LogP contribution in [0, 0.1) is 13.8 Å². The average Bonchev–Trinajstić information content (AvgIpc) is 2.30. The molecule has 102 valence electrons. The quantitative estimate of drug-likeness (QED) is 0.873. The Labute approximate surface area is 111 Å². The van der Waals surface area contributed by atoms with E-state index in [0.29, 0.717) is 6.54 Å². The molecule has 0 saturated carbocycles. The lowest BCUT2D eigenvalue weighted by Crippen LogP contribution is -2.43. The normalized spacial score (nSPS) is 11.5. The van der Waals surface area contributed by atoms with E-state index in [9.17, 15) is 0 Å². The maximum atomic E-state index is 5.70. The first-order valence-corrected chi connectivity index (χ1v) is 6.42. The monoisotopic (exact) mass is 250 g/mol. The second-order valence-electron chi connectivity index (χ2n) is 5.52. The molecule has 0 saturated heterocycles. The van der Waals surface area contributed by atoms with Gasteiger partial charge in [-0.15, -0.1) is 0 Å². The van der Waals surface area contributed by atoms with Gasteiger partial charge in [0.1, 0.15) is 5.75 Å². The number of aryl methyl sites for hydroxylation is 2. The number of anilines is 1. The molecule has 0 aromatic heterocycles. The first kappa shape index (κ1) is 14.8. The van der Waals surface area contributed by atoms with Crippen molar-refractivity contribution in [1.82, 2.24) is 0 Å². The SMILES string of the molecule is COc1cc(C)c(N(C)C(C)(C)CCN)cc1C. The van der Waals surface area contributed by atoms with Gasteiger partial charge in [-0.1, -0.05) is 0 Å². The molecule has 1 rings (SSSR count). The van der Waals surface area contributed by atoms with Crippen molar-refractivity contribution in [3.8, 4) is 5.75 Å². The Kier molecular flexibility index (Phi) is 4.63. The minimum absolute atomic E-state index is 0.0561. The Morgan fingerprint density at radius 3 is 2.33 bits per heavy atom. The number of nitrogens with zero attached hydrogens (tertiary/aromatic N) is 1. The molecule has 0 radical (unpaired) electrons.